The van der Waals surface area contributed by atoms with E-state index in [0.29, 0.717) is 31.5 Å². The standard InChI is InChI=1S/C17H20N4O3/c1-11-19-20-15(24-11)10-23-13-8-21(9-13)17(22)14-6-2-4-12-5-3-7-18-16(12)14/h3,5,7,13-14H,2,4,6,8-10H2,1H3. The van der Waals surface area contributed by atoms with E-state index < -0.39 is 0 Å². The molecule has 1 saturated heterocycles. The molecule has 1 atom stereocenters. The zero-order valence-corrected chi connectivity index (χ0v) is 13.6. The van der Waals surface area contributed by atoms with E-state index in [0.717, 1.165) is 25.0 Å². The van der Waals surface area contributed by atoms with Crippen molar-refractivity contribution in [1.82, 2.24) is 20.1 Å². The SMILES string of the molecule is Cc1nnc(COC2CN(C(=O)C3CCCc4cccnc43)C2)o1. The summed E-state index contributed by atoms with van der Waals surface area (Å²) >= 11 is 0. The molecule has 24 heavy (non-hydrogen) atoms. The van der Waals surface area contributed by atoms with Gasteiger partial charge in [0.25, 0.3) is 0 Å². The van der Waals surface area contributed by atoms with E-state index in [2.05, 4.69) is 21.2 Å². The van der Waals surface area contributed by atoms with Crippen molar-refractivity contribution in [2.24, 2.45) is 0 Å². The Balaban J connectivity index is 1.32. The third kappa shape index (κ3) is 2.91. The number of fused-ring (bicyclic) bond motifs is 1. The van der Waals surface area contributed by atoms with Crippen LogP contribution in [0.4, 0.5) is 0 Å². The molecule has 2 aromatic heterocycles. The number of carbonyl (C=O) groups is 1. The molecule has 0 N–H and O–H groups in total. The summed E-state index contributed by atoms with van der Waals surface area (Å²) in [4.78, 5) is 19.1. The number of pyridine rings is 1. The van der Waals surface area contributed by atoms with Crippen molar-refractivity contribution in [2.45, 2.75) is 44.8 Å². The van der Waals surface area contributed by atoms with Gasteiger partial charge in [0.1, 0.15) is 6.61 Å². The first-order valence-electron chi connectivity index (χ1n) is 8.34. The molecule has 0 bridgehead atoms. The van der Waals surface area contributed by atoms with Crippen LogP contribution in [0.1, 0.15) is 41.8 Å². The Bertz CT molecular complexity index is 739. The van der Waals surface area contributed by atoms with Crippen LogP contribution >= 0.6 is 0 Å². The van der Waals surface area contributed by atoms with E-state index in [9.17, 15) is 4.79 Å². The molecule has 0 aromatic carbocycles. The Morgan fingerprint density at radius 3 is 3.08 bits per heavy atom. The fraction of sp³-hybridized carbons (Fsp3) is 0.529. The van der Waals surface area contributed by atoms with Crippen LogP contribution in [0.2, 0.25) is 0 Å². The highest BCUT2D eigenvalue weighted by molar-refractivity contribution is 5.84. The van der Waals surface area contributed by atoms with Gasteiger partial charge in [-0.2, -0.15) is 0 Å². The number of amides is 1. The first kappa shape index (κ1) is 15.3. The number of nitrogens with zero attached hydrogens (tertiary/aromatic N) is 4. The molecular weight excluding hydrogens is 308 g/mol. The smallest absolute Gasteiger partial charge is 0.242 e. The number of rotatable bonds is 4. The lowest BCUT2D eigenvalue weighted by Gasteiger charge is -2.41. The van der Waals surface area contributed by atoms with Gasteiger partial charge in [0.05, 0.1) is 17.7 Å². The minimum atomic E-state index is -0.102. The van der Waals surface area contributed by atoms with E-state index in [-0.39, 0.29) is 17.9 Å². The zero-order valence-electron chi connectivity index (χ0n) is 13.6. The first-order valence-corrected chi connectivity index (χ1v) is 8.34. The van der Waals surface area contributed by atoms with E-state index in [4.69, 9.17) is 9.15 Å². The average Bonchev–Trinajstić information content (AvgIpc) is 2.98. The lowest BCUT2D eigenvalue weighted by molar-refractivity contribution is -0.148. The Morgan fingerprint density at radius 1 is 1.42 bits per heavy atom. The van der Waals surface area contributed by atoms with E-state index in [1.165, 1.54) is 5.56 Å². The van der Waals surface area contributed by atoms with E-state index >= 15 is 0 Å². The summed E-state index contributed by atoms with van der Waals surface area (Å²) < 4.78 is 11.0. The fourth-order valence-corrected chi connectivity index (χ4v) is 3.38. The molecule has 1 amide bonds. The monoisotopic (exact) mass is 328 g/mol. The van der Waals surface area contributed by atoms with Gasteiger partial charge in [-0.25, -0.2) is 0 Å². The van der Waals surface area contributed by atoms with E-state index in [1.807, 2.05) is 11.0 Å². The van der Waals surface area contributed by atoms with Crippen molar-refractivity contribution in [3.63, 3.8) is 0 Å². The molecular formula is C17H20N4O3. The zero-order chi connectivity index (χ0) is 16.5. The Morgan fingerprint density at radius 2 is 2.29 bits per heavy atom. The van der Waals surface area contributed by atoms with Gasteiger partial charge >= 0.3 is 0 Å². The molecule has 0 saturated carbocycles. The average molecular weight is 328 g/mol. The topological polar surface area (TPSA) is 81.4 Å². The number of hydrogen-bond acceptors (Lipinski definition) is 6. The van der Waals surface area contributed by atoms with Gasteiger partial charge < -0.3 is 14.1 Å². The van der Waals surface area contributed by atoms with Gasteiger partial charge in [0.15, 0.2) is 0 Å². The lowest BCUT2D eigenvalue weighted by atomic mass is 9.85. The van der Waals surface area contributed by atoms with Gasteiger partial charge in [-0.1, -0.05) is 6.07 Å². The van der Waals surface area contributed by atoms with Crippen LogP contribution in [0, 0.1) is 6.92 Å². The highest BCUT2D eigenvalue weighted by Gasteiger charge is 2.37. The van der Waals surface area contributed by atoms with E-state index in [1.54, 1.807) is 13.1 Å². The third-order valence-corrected chi connectivity index (χ3v) is 4.66. The minimum Gasteiger partial charge on any atom is -0.423 e. The summed E-state index contributed by atoms with van der Waals surface area (Å²) in [6.45, 7) is 3.27. The van der Waals surface area contributed by atoms with Crippen LogP contribution < -0.4 is 0 Å². The highest BCUT2D eigenvalue weighted by Crippen LogP contribution is 2.32. The number of carbonyl (C=O) groups excluding carboxylic acids is 1. The first-order chi connectivity index (χ1) is 11.7. The number of likely N-dealkylation sites (tertiary alicyclic amines) is 1. The summed E-state index contributed by atoms with van der Waals surface area (Å²) in [5.74, 6) is 1.07. The molecule has 2 aliphatic rings. The van der Waals surface area contributed by atoms with Crippen LogP contribution in [0.3, 0.4) is 0 Å². The third-order valence-electron chi connectivity index (χ3n) is 4.66. The van der Waals surface area contributed by atoms with Crippen LogP contribution in [0.15, 0.2) is 22.7 Å². The molecule has 1 unspecified atom stereocenters. The molecule has 0 spiro atoms. The van der Waals surface area contributed by atoms with Gasteiger partial charge in [-0.05, 0) is 30.9 Å². The maximum Gasteiger partial charge on any atom is 0.242 e. The van der Waals surface area contributed by atoms with Crippen LogP contribution in [0.5, 0.6) is 0 Å². The molecule has 1 aliphatic heterocycles. The van der Waals surface area contributed by atoms with Crippen molar-refractivity contribution in [2.75, 3.05) is 13.1 Å². The second kappa shape index (κ2) is 6.32. The summed E-state index contributed by atoms with van der Waals surface area (Å²) in [5.41, 5.74) is 2.17. The predicted molar refractivity (Wildman–Crippen MR) is 84.1 cm³/mol. The Labute approximate surface area is 140 Å². The molecule has 3 heterocycles. The summed E-state index contributed by atoms with van der Waals surface area (Å²) in [5, 5.41) is 7.66. The predicted octanol–water partition coefficient (Wildman–Crippen LogP) is 1.62. The van der Waals surface area contributed by atoms with Gasteiger partial charge in [-0.15, -0.1) is 10.2 Å². The molecule has 2 aromatic rings. The molecule has 4 rings (SSSR count). The Kier molecular flexibility index (Phi) is 4.02. The van der Waals surface area contributed by atoms with Crippen LogP contribution in [0.25, 0.3) is 0 Å². The van der Waals surface area contributed by atoms with Crippen LogP contribution in [-0.2, 0) is 22.6 Å². The van der Waals surface area contributed by atoms with Crippen molar-refractivity contribution < 1.29 is 13.9 Å². The summed E-state index contributed by atoms with van der Waals surface area (Å²) in [6, 6.07) is 4.02. The molecule has 7 nitrogen and oxygen atoms in total. The maximum absolute atomic E-state index is 12.8. The largest absolute Gasteiger partial charge is 0.423 e. The van der Waals surface area contributed by atoms with Gasteiger partial charge in [0, 0.05) is 26.2 Å². The maximum atomic E-state index is 12.8. The molecule has 1 fully saturated rings. The Hall–Kier alpha value is -2.28. The second-order valence-electron chi connectivity index (χ2n) is 6.38. The van der Waals surface area contributed by atoms with Crippen LogP contribution in [-0.4, -0.2) is 45.2 Å². The molecule has 126 valence electrons. The van der Waals surface area contributed by atoms with Gasteiger partial charge in [-0.3, -0.25) is 9.78 Å². The number of hydrogen-bond donors (Lipinski definition) is 0. The van der Waals surface area contributed by atoms with Gasteiger partial charge in [0.2, 0.25) is 17.7 Å². The van der Waals surface area contributed by atoms with Crippen molar-refractivity contribution in [1.29, 1.82) is 0 Å². The quantitative estimate of drug-likeness (QED) is 0.848. The summed E-state index contributed by atoms with van der Waals surface area (Å²) in [6.07, 6.45) is 4.75. The molecule has 1 aliphatic carbocycles. The normalized spacial score (nSPS) is 20.5. The molecule has 7 heteroatoms. The fourth-order valence-electron chi connectivity index (χ4n) is 3.38. The number of aromatic nitrogens is 3. The second-order valence-corrected chi connectivity index (χ2v) is 6.38. The number of ether oxygens (including phenoxy) is 1. The summed E-state index contributed by atoms with van der Waals surface area (Å²) in [7, 11) is 0. The van der Waals surface area contributed by atoms with Crippen molar-refractivity contribution in [3.05, 3.63) is 41.4 Å². The molecule has 0 radical (unpaired) electrons. The number of aryl methyl sites for hydroxylation is 2. The van der Waals surface area contributed by atoms with Crippen molar-refractivity contribution in [3.8, 4) is 0 Å². The highest BCUT2D eigenvalue weighted by atomic mass is 16.5. The minimum absolute atomic E-state index is 0.0351. The van der Waals surface area contributed by atoms with Crippen molar-refractivity contribution >= 4 is 5.91 Å². The lowest BCUT2D eigenvalue weighted by Crippen LogP contribution is -2.56.